The first-order valence-corrected chi connectivity index (χ1v) is 6.14. The Labute approximate surface area is 111 Å². The fourth-order valence-electron chi connectivity index (χ4n) is 1.75. The zero-order chi connectivity index (χ0) is 13.2. The molecule has 0 fully saturated rings. The van der Waals surface area contributed by atoms with Crippen LogP contribution in [0.25, 0.3) is 22.3 Å². The van der Waals surface area contributed by atoms with E-state index in [1.807, 2.05) is 30.3 Å². The minimum Gasteiger partial charge on any atom is -0.267 e. The summed E-state index contributed by atoms with van der Waals surface area (Å²) in [4.78, 5) is 20.1. The molecular weight excluding hydrogens is 264 g/mol. The minimum atomic E-state index is -0.463. The Bertz CT molecular complexity index is 817. The fourth-order valence-corrected chi connectivity index (χ4v) is 2.15. The van der Waals surface area contributed by atoms with Gasteiger partial charge in [-0.25, -0.2) is 10.1 Å². The van der Waals surface area contributed by atoms with Crippen molar-refractivity contribution in [1.82, 2.24) is 20.2 Å². The molecule has 19 heavy (non-hydrogen) atoms. The molecule has 0 spiro atoms. The van der Waals surface area contributed by atoms with Crippen LogP contribution in [0.2, 0.25) is 0 Å². The summed E-state index contributed by atoms with van der Waals surface area (Å²) in [6.07, 6.45) is 1.41. The van der Waals surface area contributed by atoms with E-state index < -0.39 is 5.56 Å². The Balaban J connectivity index is 2.36. The van der Waals surface area contributed by atoms with E-state index in [0.717, 1.165) is 5.56 Å². The first kappa shape index (κ1) is 11.5. The second kappa shape index (κ2) is 4.62. The molecule has 0 saturated heterocycles. The van der Waals surface area contributed by atoms with Crippen LogP contribution in [-0.4, -0.2) is 20.2 Å². The van der Waals surface area contributed by atoms with Crippen molar-refractivity contribution in [2.75, 3.05) is 0 Å². The molecule has 0 radical (unpaired) electrons. The monoisotopic (exact) mass is 271 g/mol. The van der Waals surface area contributed by atoms with Gasteiger partial charge in [-0.05, 0) is 0 Å². The molecule has 1 N–H and O–H groups in total. The summed E-state index contributed by atoms with van der Waals surface area (Å²) in [5.74, 6) is 0.402. The van der Waals surface area contributed by atoms with Crippen LogP contribution in [0.5, 0.6) is 0 Å². The highest BCUT2D eigenvalue weighted by Gasteiger charge is 2.21. The number of fused-ring (bicyclic) bond motifs is 1. The maximum Gasteiger partial charge on any atom is 0.528 e. The van der Waals surface area contributed by atoms with Crippen molar-refractivity contribution in [3.63, 3.8) is 0 Å². The van der Waals surface area contributed by atoms with Gasteiger partial charge in [0.2, 0.25) is 0 Å². The Hall–Kier alpha value is -2.54. The van der Waals surface area contributed by atoms with Crippen molar-refractivity contribution in [3.05, 3.63) is 46.9 Å². The lowest BCUT2D eigenvalue weighted by Crippen LogP contribution is -2.11. The lowest BCUT2D eigenvalue weighted by Gasteiger charge is -1.99. The van der Waals surface area contributed by atoms with Gasteiger partial charge in [0.05, 0.1) is 6.20 Å². The van der Waals surface area contributed by atoms with E-state index in [1.54, 1.807) is 0 Å². The number of nitrogens with one attached hydrogen (secondary N) is 1. The smallest absolute Gasteiger partial charge is 0.267 e. The molecule has 0 amide bonds. The molecule has 2 aromatic heterocycles. The number of hydrogen-bond acceptors (Lipinski definition) is 5. The van der Waals surface area contributed by atoms with Gasteiger partial charge >= 0.3 is 16.7 Å². The van der Waals surface area contributed by atoms with Crippen molar-refractivity contribution in [1.29, 1.82) is 0 Å². The standard InChI is InChI=1S/C12H6N4O2S/c17-11-9-8(6-13-16-11)14-10(15-12(9)19-18)7-4-2-1-3-5-7/h1-6H/p+1. The van der Waals surface area contributed by atoms with Crippen LogP contribution in [-0.2, 0) is 15.9 Å². The van der Waals surface area contributed by atoms with Gasteiger partial charge in [-0.15, -0.1) is 0 Å². The molecule has 0 unspecified atom stereocenters. The van der Waals surface area contributed by atoms with E-state index in [2.05, 4.69) is 20.2 Å². The molecule has 6 nitrogen and oxygen atoms in total. The van der Waals surface area contributed by atoms with Crippen LogP contribution in [0.1, 0.15) is 0 Å². The van der Waals surface area contributed by atoms with Crippen LogP contribution in [0.3, 0.4) is 0 Å². The Morgan fingerprint density at radius 2 is 1.89 bits per heavy atom. The third kappa shape index (κ3) is 2.00. The summed E-state index contributed by atoms with van der Waals surface area (Å²) in [5, 5.41) is 6.23. The average molecular weight is 271 g/mol. The van der Waals surface area contributed by atoms with Gasteiger partial charge in [0.1, 0.15) is 5.52 Å². The quantitative estimate of drug-likeness (QED) is 0.558. The second-order valence-corrected chi connectivity index (χ2v) is 4.31. The van der Waals surface area contributed by atoms with E-state index in [4.69, 9.17) is 0 Å². The Morgan fingerprint density at radius 3 is 2.63 bits per heavy atom. The van der Waals surface area contributed by atoms with Gasteiger partial charge in [0, 0.05) is 9.77 Å². The molecule has 92 valence electrons. The summed E-state index contributed by atoms with van der Waals surface area (Å²) < 4.78 is 11.1. The van der Waals surface area contributed by atoms with Crippen molar-refractivity contribution in [3.8, 4) is 11.4 Å². The maximum atomic E-state index is 11.7. The minimum absolute atomic E-state index is 0.104. The summed E-state index contributed by atoms with van der Waals surface area (Å²) in [6, 6.07) is 9.24. The molecule has 3 aromatic rings. The summed E-state index contributed by atoms with van der Waals surface area (Å²) in [6.45, 7) is 0. The van der Waals surface area contributed by atoms with E-state index in [1.165, 1.54) is 6.20 Å². The third-order valence-corrected chi connectivity index (χ3v) is 3.05. The van der Waals surface area contributed by atoms with Crippen LogP contribution >= 0.6 is 0 Å². The number of nitrogens with zero attached hydrogens (tertiary/aromatic N) is 3. The normalized spacial score (nSPS) is 10.5. The molecule has 0 aliphatic heterocycles. The van der Waals surface area contributed by atoms with Crippen LogP contribution in [0, 0.1) is 0 Å². The van der Waals surface area contributed by atoms with Crippen LogP contribution < -0.4 is 5.56 Å². The highest BCUT2D eigenvalue weighted by Crippen LogP contribution is 2.18. The highest BCUT2D eigenvalue weighted by molar-refractivity contribution is 7.65. The lowest BCUT2D eigenvalue weighted by molar-refractivity contribution is 0.603. The number of hydrogen-bond donors (Lipinski definition) is 1. The van der Waals surface area contributed by atoms with Crippen molar-refractivity contribution in [2.24, 2.45) is 0 Å². The number of aromatic amines is 1. The lowest BCUT2D eigenvalue weighted by atomic mass is 10.2. The molecule has 0 atom stereocenters. The van der Waals surface area contributed by atoms with Crippen LogP contribution in [0.15, 0.2) is 46.3 Å². The largest absolute Gasteiger partial charge is 0.528 e. The Morgan fingerprint density at radius 1 is 1.11 bits per heavy atom. The van der Waals surface area contributed by atoms with Crippen molar-refractivity contribution < 1.29 is 4.21 Å². The molecule has 1 aromatic carbocycles. The molecular formula is C12H7N4O2S+. The number of aromatic nitrogens is 4. The van der Waals surface area contributed by atoms with Gasteiger partial charge in [-0.3, -0.25) is 4.79 Å². The highest BCUT2D eigenvalue weighted by atomic mass is 32.1. The Kier molecular flexibility index (Phi) is 2.81. The van der Waals surface area contributed by atoms with E-state index in [0.29, 0.717) is 11.3 Å². The fraction of sp³-hybridized carbons (Fsp3) is 0. The molecule has 3 rings (SSSR count). The van der Waals surface area contributed by atoms with Crippen LogP contribution in [0.4, 0.5) is 0 Å². The summed E-state index contributed by atoms with van der Waals surface area (Å²) in [5.41, 5.74) is 0.673. The maximum absolute atomic E-state index is 11.7. The predicted molar refractivity (Wildman–Crippen MR) is 69.7 cm³/mol. The zero-order valence-corrected chi connectivity index (χ0v) is 10.3. The third-order valence-electron chi connectivity index (χ3n) is 2.59. The number of H-pyrrole nitrogens is 1. The first-order chi connectivity index (χ1) is 9.29. The predicted octanol–water partition coefficient (Wildman–Crippen LogP) is 1.17. The first-order valence-electron chi connectivity index (χ1n) is 5.40. The van der Waals surface area contributed by atoms with E-state index >= 15 is 0 Å². The van der Waals surface area contributed by atoms with Crippen molar-refractivity contribution in [2.45, 2.75) is 5.03 Å². The molecule has 0 bridgehead atoms. The molecule has 7 heteroatoms. The van der Waals surface area contributed by atoms with Gasteiger partial charge in [-0.2, -0.15) is 10.1 Å². The molecule has 0 saturated carbocycles. The van der Waals surface area contributed by atoms with Gasteiger partial charge < -0.3 is 0 Å². The average Bonchev–Trinajstić information content (AvgIpc) is 2.47. The SMILES string of the molecule is O=[S+]c1nc(-c2ccccc2)nc2cn[nH]c(=O)c12. The molecule has 0 aliphatic rings. The topological polar surface area (TPSA) is 88.6 Å². The van der Waals surface area contributed by atoms with E-state index in [9.17, 15) is 9.00 Å². The summed E-state index contributed by atoms with van der Waals surface area (Å²) >= 11 is 0.172. The second-order valence-electron chi connectivity index (χ2n) is 3.76. The van der Waals surface area contributed by atoms with Crippen molar-refractivity contribution >= 4 is 22.6 Å². The zero-order valence-electron chi connectivity index (χ0n) is 9.53. The van der Waals surface area contributed by atoms with E-state index in [-0.39, 0.29) is 22.1 Å². The molecule has 0 aliphatic carbocycles. The summed E-state index contributed by atoms with van der Waals surface area (Å²) in [7, 11) is 0. The van der Waals surface area contributed by atoms with Gasteiger partial charge in [-0.1, -0.05) is 30.3 Å². The number of benzene rings is 1. The number of rotatable bonds is 2. The molecule has 2 heterocycles. The van der Waals surface area contributed by atoms with Gasteiger partial charge in [0.15, 0.2) is 11.2 Å². The van der Waals surface area contributed by atoms with Gasteiger partial charge in [0.25, 0.3) is 5.56 Å².